The van der Waals surface area contributed by atoms with E-state index in [-0.39, 0.29) is 13.0 Å². The fraction of sp³-hybridized carbons (Fsp3) is 0.846. The van der Waals surface area contributed by atoms with Gasteiger partial charge in [-0.05, 0) is 12.8 Å². The Morgan fingerprint density at radius 3 is 2.71 bits per heavy atom. The van der Waals surface area contributed by atoms with Crippen LogP contribution in [0, 0.1) is 0 Å². The number of ether oxygens (including phenoxy) is 2. The molecule has 1 rings (SSSR count). The number of nitrogens with zero attached hydrogens (tertiary/aromatic N) is 1. The Labute approximate surface area is 124 Å². The molecule has 8 heteroatoms. The number of amides is 2. The molecular weight excluding hydrogens is 280 g/mol. The summed E-state index contributed by atoms with van der Waals surface area (Å²) < 4.78 is 10.1. The Balaban J connectivity index is 2.14. The molecule has 0 bridgehead atoms. The standard InChI is InChI=1S/C13H24N2O6/c1-20-6-7-21-5-3-2-4-14-13(19)15-9-10(16)8-11(15)12(17)18/h10-11,16H,2-9H2,1H3,(H,14,19)(H,17,18). The third kappa shape index (κ3) is 6.28. The molecule has 1 heterocycles. The molecule has 1 aliphatic rings. The lowest BCUT2D eigenvalue weighted by molar-refractivity contribution is -0.141. The van der Waals surface area contributed by atoms with Gasteiger partial charge in [0.15, 0.2) is 0 Å². The topological polar surface area (TPSA) is 108 Å². The van der Waals surface area contributed by atoms with Crippen LogP contribution in [-0.2, 0) is 14.3 Å². The third-order valence-corrected chi connectivity index (χ3v) is 3.25. The van der Waals surface area contributed by atoms with Crippen LogP contribution in [0.2, 0.25) is 0 Å². The number of unbranched alkanes of at least 4 members (excludes halogenated alkanes) is 1. The summed E-state index contributed by atoms with van der Waals surface area (Å²) in [5, 5.41) is 21.1. The monoisotopic (exact) mass is 304 g/mol. The van der Waals surface area contributed by atoms with Crippen LogP contribution in [0.5, 0.6) is 0 Å². The van der Waals surface area contributed by atoms with Crippen molar-refractivity contribution in [1.82, 2.24) is 10.2 Å². The minimum absolute atomic E-state index is 0.0585. The maximum atomic E-state index is 11.9. The zero-order chi connectivity index (χ0) is 15.7. The zero-order valence-corrected chi connectivity index (χ0v) is 12.3. The largest absolute Gasteiger partial charge is 0.480 e. The molecule has 0 saturated carbocycles. The lowest BCUT2D eigenvalue weighted by Gasteiger charge is -2.21. The van der Waals surface area contributed by atoms with Gasteiger partial charge < -0.3 is 29.9 Å². The molecule has 0 aliphatic carbocycles. The molecule has 0 aromatic heterocycles. The van der Waals surface area contributed by atoms with Gasteiger partial charge in [-0.1, -0.05) is 0 Å². The van der Waals surface area contributed by atoms with Crippen LogP contribution in [-0.4, -0.2) is 79.3 Å². The Kier molecular flexibility index (Phi) is 8.03. The summed E-state index contributed by atoms with van der Waals surface area (Å²) in [6.45, 7) is 2.22. The van der Waals surface area contributed by atoms with E-state index in [0.717, 1.165) is 12.8 Å². The number of carboxylic acids is 1. The average molecular weight is 304 g/mol. The van der Waals surface area contributed by atoms with E-state index in [1.807, 2.05) is 0 Å². The number of aliphatic carboxylic acids is 1. The first-order valence-corrected chi connectivity index (χ1v) is 7.08. The quantitative estimate of drug-likeness (QED) is 0.503. The summed E-state index contributed by atoms with van der Waals surface area (Å²) in [4.78, 5) is 24.0. The normalized spacial score (nSPS) is 21.5. The van der Waals surface area contributed by atoms with Gasteiger partial charge >= 0.3 is 12.0 Å². The Morgan fingerprint density at radius 2 is 2.05 bits per heavy atom. The van der Waals surface area contributed by atoms with Crippen LogP contribution in [0.3, 0.4) is 0 Å². The van der Waals surface area contributed by atoms with Crippen LogP contribution in [0.15, 0.2) is 0 Å². The lowest BCUT2D eigenvalue weighted by Crippen LogP contribution is -2.46. The summed E-state index contributed by atoms with van der Waals surface area (Å²) in [5.74, 6) is -1.09. The van der Waals surface area contributed by atoms with Gasteiger partial charge in [0, 0.05) is 33.2 Å². The van der Waals surface area contributed by atoms with Gasteiger partial charge in [-0.25, -0.2) is 9.59 Å². The van der Waals surface area contributed by atoms with Crippen molar-refractivity contribution in [3.05, 3.63) is 0 Å². The minimum Gasteiger partial charge on any atom is -0.480 e. The number of aliphatic hydroxyl groups excluding tert-OH is 1. The number of hydrogen-bond acceptors (Lipinski definition) is 5. The second-order valence-electron chi connectivity index (χ2n) is 4.94. The number of carboxylic acid groups (broad SMARTS) is 1. The summed E-state index contributed by atoms with van der Waals surface area (Å²) in [5.41, 5.74) is 0. The van der Waals surface area contributed by atoms with E-state index < -0.39 is 24.1 Å². The molecule has 2 unspecified atom stereocenters. The van der Waals surface area contributed by atoms with Crippen molar-refractivity contribution in [3.63, 3.8) is 0 Å². The number of hydrogen-bond donors (Lipinski definition) is 3. The fourth-order valence-electron chi connectivity index (χ4n) is 2.14. The molecule has 2 amide bonds. The highest BCUT2D eigenvalue weighted by atomic mass is 16.5. The minimum atomic E-state index is -1.09. The van der Waals surface area contributed by atoms with Crippen LogP contribution in [0.4, 0.5) is 4.79 Å². The van der Waals surface area contributed by atoms with Crippen molar-refractivity contribution in [3.8, 4) is 0 Å². The molecule has 122 valence electrons. The number of β-amino-alcohol motifs (C(OH)–C–C–N with tert-alkyl or cyclic N) is 1. The van der Waals surface area contributed by atoms with E-state index in [1.165, 1.54) is 4.90 Å². The Hall–Kier alpha value is -1.38. The maximum absolute atomic E-state index is 11.9. The first kappa shape index (κ1) is 17.7. The number of rotatable bonds is 9. The van der Waals surface area contributed by atoms with Crippen LogP contribution >= 0.6 is 0 Å². The van der Waals surface area contributed by atoms with Gasteiger partial charge in [0.2, 0.25) is 0 Å². The molecule has 0 aromatic rings. The Bertz CT molecular complexity index is 339. The van der Waals surface area contributed by atoms with Gasteiger partial charge in [-0.15, -0.1) is 0 Å². The molecule has 0 aromatic carbocycles. The summed E-state index contributed by atoms with van der Waals surface area (Å²) in [6, 6.07) is -1.39. The highest BCUT2D eigenvalue weighted by Gasteiger charge is 2.38. The average Bonchev–Trinajstić information content (AvgIpc) is 2.84. The highest BCUT2D eigenvalue weighted by Crippen LogP contribution is 2.17. The molecule has 0 radical (unpaired) electrons. The second kappa shape index (κ2) is 9.54. The van der Waals surface area contributed by atoms with Gasteiger partial charge in [-0.3, -0.25) is 0 Å². The molecule has 0 spiro atoms. The van der Waals surface area contributed by atoms with E-state index in [9.17, 15) is 14.7 Å². The van der Waals surface area contributed by atoms with E-state index in [2.05, 4.69) is 5.32 Å². The molecule has 21 heavy (non-hydrogen) atoms. The maximum Gasteiger partial charge on any atom is 0.326 e. The van der Waals surface area contributed by atoms with Gasteiger partial charge in [0.25, 0.3) is 0 Å². The van der Waals surface area contributed by atoms with E-state index >= 15 is 0 Å². The summed E-state index contributed by atoms with van der Waals surface area (Å²) >= 11 is 0. The molecule has 1 saturated heterocycles. The number of methoxy groups -OCH3 is 1. The van der Waals surface area contributed by atoms with Crippen molar-refractivity contribution in [2.45, 2.75) is 31.4 Å². The molecule has 8 nitrogen and oxygen atoms in total. The van der Waals surface area contributed by atoms with Crippen LogP contribution < -0.4 is 5.32 Å². The van der Waals surface area contributed by atoms with Gasteiger partial charge in [-0.2, -0.15) is 0 Å². The molecule has 3 N–H and O–H groups in total. The van der Waals surface area contributed by atoms with Crippen molar-refractivity contribution >= 4 is 12.0 Å². The molecule has 1 aliphatic heterocycles. The number of aliphatic hydroxyl groups is 1. The van der Waals surface area contributed by atoms with Crippen molar-refractivity contribution < 1.29 is 29.3 Å². The number of carbonyl (C=O) groups is 2. The molecule has 1 fully saturated rings. The van der Waals surface area contributed by atoms with Crippen molar-refractivity contribution in [2.75, 3.05) is 40.0 Å². The highest BCUT2D eigenvalue weighted by molar-refractivity contribution is 5.83. The van der Waals surface area contributed by atoms with E-state index in [1.54, 1.807) is 7.11 Å². The smallest absolute Gasteiger partial charge is 0.326 e. The molecular formula is C13H24N2O6. The zero-order valence-electron chi connectivity index (χ0n) is 12.3. The summed E-state index contributed by atoms with van der Waals surface area (Å²) in [6.07, 6.45) is 0.851. The SMILES string of the molecule is COCCOCCCCNC(=O)N1CC(O)CC1C(=O)O. The van der Waals surface area contributed by atoms with E-state index in [4.69, 9.17) is 14.6 Å². The fourth-order valence-corrected chi connectivity index (χ4v) is 2.14. The van der Waals surface area contributed by atoms with Gasteiger partial charge in [0.1, 0.15) is 6.04 Å². The number of carbonyl (C=O) groups excluding carboxylic acids is 1. The van der Waals surface area contributed by atoms with Gasteiger partial charge in [0.05, 0.1) is 19.3 Å². The predicted molar refractivity (Wildman–Crippen MR) is 74.1 cm³/mol. The summed E-state index contributed by atoms with van der Waals surface area (Å²) in [7, 11) is 1.61. The van der Waals surface area contributed by atoms with Crippen molar-refractivity contribution in [1.29, 1.82) is 0 Å². The van der Waals surface area contributed by atoms with E-state index in [0.29, 0.717) is 26.4 Å². The number of urea groups is 1. The lowest BCUT2D eigenvalue weighted by atomic mass is 10.2. The van der Waals surface area contributed by atoms with Crippen LogP contribution in [0.1, 0.15) is 19.3 Å². The number of likely N-dealkylation sites (tertiary alicyclic amines) is 1. The Morgan fingerprint density at radius 1 is 1.29 bits per heavy atom. The first-order valence-electron chi connectivity index (χ1n) is 7.08. The predicted octanol–water partition coefficient (Wildman–Crippen LogP) is -0.341. The third-order valence-electron chi connectivity index (χ3n) is 3.25. The van der Waals surface area contributed by atoms with Crippen molar-refractivity contribution in [2.24, 2.45) is 0 Å². The number of nitrogens with one attached hydrogen (secondary N) is 1. The first-order chi connectivity index (χ1) is 10.1. The molecule has 2 atom stereocenters. The second-order valence-corrected chi connectivity index (χ2v) is 4.94. The van der Waals surface area contributed by atoms with Crippen LogP contribution in [0.25, 0.3) is 0 Å².